The number of ether oxygens (including phenoxy) is 1. The first kappa shape index (κ1) is 23.0. The van der Waals surface area contributed by atoms with E-state index in [0.29, 0.717) is 16.6 Å². The standard InChI is InChI=1S/C29H27N3O2S/c1-4-32-28(33)27(35-29(32)30-23-12-14-24(34-3)15-13-23)17-22-19-31(26-11-6-5-10-25(22)26)18-21-9-7-8-20(2)16-21/h5-17,19H,4,18H2,1-3H3/b27-17+,30-29?. The highest BCUT2D eigenvalue weighted by atomic mass is 32.2. The second-order valence-electron chi connectivity index (χ2n) is 8.47. The molecule has 0 bridgehead atoms. The number of para-hydroxylation sites is 1. The molecule has 0 aliphatic carbocycles. The smallest absolute Gasteiger partial charge is 0.266 e. The summed E-state index contributed by atoms with van der Waals surface area (Å²) in [5.74, 6) is 0.763. The topological polar surface area (TPSA) is 46.8 Å². The molecule has 3 aromatic carbocycles. The molecule has 1 aromatic heterocycles. The molecule has 0 radical (unpaired) electrons. The third kappa shape index (κ3) is 4.75. The zero-order valence-corrected chi connectivity index (χ0v) is 20.9. The molecular formula is C29H27N3O2S. The van der Waals surface area contributed by atoms with E-state index in [9.17, 15) is 4.79 Å². The van der Waals surface area contributed by atoms with Gasteiger partial charge in [-0.3, -0.25) is 9.69 Å². The number of carbonyl (C=O) groups is 1. The molecule has 0 N–H and O–H groups in total. The molecule has 1 fully saturated rings. The molecule has 0 unspecified atom stereocenters. The number of carbonyl (C=O) groups excluding carboxylic acids is 1. The average molecular weight is 482 g/mol. The van der Waals surface area contributed by atoms with Gasteiger partial charge in [-0.15, -0.1) is 0 Å². The van der Waals surface area contributed by atoms with Gasteiger partial charge < -0.3 is 9.30 Å². The number of likely N-dealkylation sites (N-methyl/N-ethyl adjacent to an activating group) is 1. The minimum Gasteiger partial charge on any atom is -0.497 e. The highest BCUT2D eigenvalue weighted by Gasteiger charge is 2.32. The molecule has 5 rings (SSSR count). The van der Waals surface area contributed by atoms with E-state index in [2.05, 4.69) is 60.2 Å². The molecule has 35 heavy (non-hydrogen) atoms. The van der Waals surface area contributed by atoms with E-state index >= 15 is 0 Å². The molecular weight excluding hydrogens is 454 g/mol. The van der Waals surface area contributed by atoms with Gasteiger partial charge in [-0.05, 0) is 67.6 Å². The summed E-state index contributed by atoms with van der Waals surface area (Å²) in [5.41, 5.74) is 5.47. The Hall–Kier alpha value is -3.77. The van der Waals surface area contributed by atoms with E-state index in [1.807, 2.05) is 43.3 Å². The fraction of sp³-hybridized carbons (Fsp3) is 0.172. The number of hydrogen-bond donors (Lipinski definition) is 0. The molecule has 1 aliphatic heterocycles. The summed E-state index contributed by atoms with van der Waals surface area (Å²) < 4.78 is 7.49. The quantitative estimate of drug-likeness (QED) is 0.290. The molecule has 6 heteroatoms. The van der Waals surface area contributed by atoms with E-state index in [-0.39, 0.29) is 5.91 Å². The zero-order chi connectivity index (χ0) is 24.4. The van der Waals surface area contributed by atoms with Gasteiger partial charge in [-0.25, -0.2) is 4.99 Å². The summed E-state index contributed by atoms with van der Waals surface area (Å²) in [6, 6.07) is 24.4. The Labute approximate surface area is 209 Å². The van der Waals surface area contributed by atoms with E-state index in [1.165, 1.54) is 22.9 Å². The highest BCUT2D eigenvalue weighted by molar-refractivity contribution is 8.18. The van der Waals surface area contributed by atoms with Crippen LogP contribution in [0.5, 0.6) is 5.75 Å². The number of fused-ring (bicyclic) bond motifs is 1. The fourth-order valence-corrected chi connectivity index (χ4v) is 5.36. The van der Waals surface area contributed by atoms with Gasteiger partial charge in [0.2, 0.25) is 0 Å². The summed E-state index contributed by atoms with van der Waals surface area (Å²) in [6.45, 7) is 5.42. The SMILES string of the molecule is CCN1C(=O)/C(=C\c2cn(Cc3cccc(C)c3)c3ccccc23)SC1=Nc1ccc(OC)cc1. The minimum absolute atomic E-state index is 0.0136. The lowest BCUT2D eigenvalue weighted by atomic mass is 10.1. The summed E-state index contributed by atoms with van der Waals surface area (Å²) in [4.78, 5) is 20.4. The predicted molar refractivity (Wildman–Crippen MR) is 145 cm³/mol. The van der Waals surface area contributed by atoms with Crippen LogP contribution in [0.1, 0.15) is 23.6 Å². The van der Waals surface area contributed by atoms with Crippen LogP contribution in [0.25, 0.3) is 17.0 Å². The van der Waals surface area contributed by atoms with Crippen LogP contribution in [-0.4, -0.2) is 34.2 Å². The molecule has 1 amide bonds. The van der Waals surface area contributed by atoms with Crippen molar-refractivity contribution in [3.8, 4) is 5.75 Å². The van der Waals surface area contributed by atoms with Crippen LogP contribution in [0.15, 0.2) is 88.9 Å². The number of aryl methyl sites for hydroxylation is 1. The van der Waals surface area contributed by atoms with Crippen LogP contribution in [0.3, 0.4) is 0 Å². The molecule has 1 aliphatic rings. The maximum Gasteiger partial charge on any atom is 0.266 e. The minimum atomic E-state index is -0.0136. The molecule has 0 saturated carbocycles. The number of methoxy groups -OCH3 is 1. The molecule has 176 valence electrons. The van der Waals surface area contributed by atoms with Crippen molar-refractivity contribution in [1.82, 2.24) is 9.47 Å². The number of amides is 1. The molecule has 2 heterocycles. The first-order chi connectivity index (χ1) is 17.1. The van der Waals surface area contributed by atoms with Crippen LogP contribution >= 0.6 is 11.8 Å². The Morgan fingerprint density at radius 3 is 2.57 bits per heavy atom. The average Bonchev–Trinajstić information content (AvgIpc) is 3.36. The van der Waals surface area contributed by atoms with Gasteiger partial charge in [0.1, 0.15) is 5.75 Å². The molecule has 0 spiro atoms. The largest absolute Gasteiger partial charge is 0.497 e. The van der Waals surface area contributed by atoms with Gasteiger partial charge in [0.15, 0.2) is 5.17 Å². The number of hydrogen-bond acceptors (Lipinski definition) is 4. The number of benzene rings is 3. The Bertz CT molecular complexity index is 1450. The maximum absolute atomic E-state index is 13.2. The van der Waals surface area contributed by atoms with Crippen LogP contribution in [-0.2, 0) is 11.3 Å². The second-order valence-corrected chi connectivity index (χ2v) is 9.48. The number of nitrogens with zero attached hydrogens (tertiary/aromatic N) is 3. The third-order valence-corrected chi connectivity index (χ3v) is 7.05. The highest BCUT2D eigenvalue weighted by Crippen LogP contribution is 2.36. The Morgan fingerprint density at radius 1 is 1.03 bits per heavy atom. The van der Waals surface area contributed by atoms with Crippen molar-refractivity contribution < 1.29 is 9.53 Å². The number of aromatic nitrogens is 1. The number of amidine groups is 1. The fourth-order valence-electron chi connectivity index (χ4n) is 4.31. The first-order valence-electron chi connectivity index (χ1n) is 11.6. The summed E-state index contributed by atoms with van der Waals surface area (Å²) in [5, 5.41) is 1.82. The molecule has 5 nitrogen and oxygen atoms in total. The van der Waals surface area contributed by atoms with Crippen molar-refractivity contribution in [2.75, 3.05) is 13.7 Å². The van der Waals surface area contributed by atoms with Crippen LogP contribution < -0.4 is 4.74 Å². The van der Waals surface area contributed by atoms with Crippen LogP contribution in [0.4, 0.5) is 5.69 Å². The lowest BCUT2D eigenvalue weighted by molar-refractivity contribution is -0.122. The molecule has 0 atom stereocenters. The Balaban J connectivity index is 1.49. The second kappa shape index (κ2) is 9.84. The summed E-state index contributed by atoms with van der Waals surface area (Å²) >= 11 is 1.42. The van der Waals surface area contributed by atoms with Gasteiger partial charge in [0.05, 0.1) is 17.7 Å². The molecule has 4 aromatic rings. The van der Waals surface area contributed by atoms with E-state index in [1.54, 1.807) is 12.0 Å². The van der Waals surface area contributed by atoms with Gasteiger partial charge in [0.25, 0.3) is 5.91 Å². The monoisotopic (exact) mass is 481 g/mol. The van der Waals surface area contributed by atoms with Gasteiger partial charge in [0, 0.05) is 35.8 Å². The van der Waals surface area contributed by atoms with Crippen molar-refractivity contribution >= 4 is 45.5 Å². The Kier molecular flexibility index (Phi) is 6.47. The number of aliphatic imine (C=N–C) groups is 1. The van der Waals surface area contributed by atoms with Crippen molar-refractivity contribution in [1.29, 1.82) is 0 Å². The van der Waals surface area contributed by atoms with E-state index in [4.69, 9.17) is 9.73 Å². The van der Waals surface area contributed by atoms with Crippen molar-refractivity contribution in [3.63, 3.8) is 0 Å². The third-order valence-electron chi connectivity index (χ3n) is 6.04. The first-order valence-corrected chi connectivity index (χ1v) is 12.4. The number of thioether (sulfide) groups is 1. The molecule has 1 saturated heterocycles. The van der Waals surface area contributed by atoms with Crippen LogP contribution in [0.2, 0.25) is 0 Å². The van der Waals surface area contributed by atoms with Crippen LogP contribution in [0, 0.1) is 6.92 Å². The van der Waals surface area contributed by atoms with Gasteiger partial charge >= 0.3 is 0 Å². The van der Waals surface area contributed by atoms with Gasteiger partial charge in [-0.1, -0.05) is 48.0 Å². The zero-order valence-electron chi connectivity index (χ0n) is 20.1. The van der Waals surface area contributed by atoms with E-state index < -0.39 is 0 Å². The Morgan fingerprint density at radius 2 is 1.83 bits per heavy atom. The van der Waals surface area contributed by atoms with Gasteiger partial charge in [-0.2, -0.15) is 0 Å². The number of rotatable bonds is 6. The van der Waals surface area contributed by atoms with Crippen molar-refractivity contribution in [2.45, 2.75) is 20.4 Å². The normalized spacial score (nSPS) is 16.1. The predicted octanol–water partition coefficient (Wildman–Crippen LogP) is 6.63. The summed E-state index contributed by atoms with van der Waals surface area (Å²) in [7, 11) is 1.64. The lowest BCUT2D eigenvalue weighted by Gasteiger charge is -2.12. The summed E-state index contributed by atoms with van der Waals surface area (Å²) in [6.07, 6.45) is 4.14. The lowest BCUT2D eigenvalue weighted by Crippen LogP contribution is -2.28. The van der Waals surface area contributed by atoms with Crippen molar-refractivity contribution in [3.05, 3.63) is 101 Å². The maximum atomic E-state index is 13.2. The van der Waals surface area contributed by atoms with Crippen molar-refractivity contribution in [2.24, 2.45) is 4.99 Å². The van der Waals surface area contributed by atoms with E-state index in [0.717, 1.165) is 34.4 Å².